The van der Waals surface area contributed by atoms with Crippen LogP contribution in [0.2, 0.25) is 0 Å². The van der Waals surface area contributed by atoms with Gasteiger partial charge < -0.3 is 5.32 Å². The van der Waals surface area contributed by atoms with Gasteiger partial charge in [0.25, 0.3) is 0 Å². The largest absolute Gasteiger partial charge is 0.311 e. The zero-order valence-electron chi connectivity index (χ0n) is 10.9. The van der Waals surface area contributed by atoms with Gasteiger partial charge in [0.2, 0.25) is 0 Å². The van der Waals surface area contributed by atoms with Gasteiger partial charge in [-0.2, -0.15) is 5.10 Å². The molecule has 0 bridgehead atoms. The summed E-state index contributed by atoms with van der Waals surface area (Å²) in [7, 11) is 2.04. The molecule has 0 spiro atoms. The van der Waals surface area contributed by atoms with Crippen molar-refractivity contribution in [1.82, 2.24) is 15.1 Å². The average molecular weight is 241 g/mol. The maximum atomic E-state index is 4.42. The van der Waals surface area contributed by atoms with Crippen LogP contribution < -0.4 is 5.32 Å². The van der Waals surface area contributed by atoms with Gasteiger partial charge in [-0.15, -0.1) is 0 Å². The van der Waals surface area contributed by atoms with Crippen LogP contribution in [0.25, 0.3) is 0 Å². The van der Waals surface area contributed by atoms with Crippen LogP contribution in [0.15, 0.2) is 42.7 Å². The van der Waals surface area contributed by atoms with Gasteiger partial charge in [0.05, 0.1) is 12.1 Å². The monoisotopic (exact) mass is 241 g/mol. The molecule has 3 unspecified atom stereocenters. The second kappa shape index (κ2) is 4.58. The Kier molecular flexibility index (Phi) is 2.92. The van der Waals surface area contributed by atoms with Crippen molar-refractivity contribution in [2.45, 2.75) is 31.3 Å². The van der Waals surface area contributed by atoms with Crippen molar-refractivity contribution in [1.29, 1.82) is 0 Å². The summed E-state index contributed by atoms with van der Waals surface area (Å²) >= 11 is 0. The zero-order valence-corrected chi connectivity index (χ0v) is 10.9. The van der Waals surface area contributed by atoms with E-state index in [0.717, 1.165) is 6.42 Å². The van der Waals surface area contributed by atoms with E-state index in [4.69, 9.17) is 0 Å². The predicted octanol–water partition coefficient (Wildman–Crippen LogP) is 2.89. The Morgan fingerprint density at radius 1 is 1.22 bits per heavy atom. The molecular weight excluding hydrogens is 222 g/mol. The molecule has 0 saturated carbocycles. The fourth-order valence-electron chi connectivity index (χ4n) is 3.16. The first kappa shape index (κ1) is 11.5. The minimum atomic E-state index is 0.345. The van der Waals surface area contributed by atoms with Crippen LogP contribution in [-0.2, 0) is 0 Å². The SMILES string of the molecule is CNC1c2ccccc2C(C)CC1n1cccn1. The lowest BCUT2D eigenvalue weighted by atomic mass is 9.78. The highest BCUT2D eigenvalue weighted by atomic mass is 15.3. The molecule has 1 aliphatic rings. The Balaban J connectivity index is 2.05. The van der Waals surface area contributed by atoms with Gasteiger partial charge in [-0.3, -0.25) is 4.68 Å². The van der Waals surface area contributed by atoms with E-state index in [0.29, 0.717) is 18.0 Å². The normalized spacial score (nSPS) is 26.9. The third kappa shape index (κ3) is 1.75. The molecule has 1 heterocycles. The molecule has 0 aliphatic heterocycles. The molecule has 0 fully saturated rings. The molecule has 1 aromatic carbocycles. The number of nitrogens with zero attached hydrogens (tertiary/aromatic N) is 2. The highest BCUT2D eigenvalue weighted by Gasteiger charge is 2.33. The lowest BCUT2D eigenvalue weighted by Gasteiger charge is -2.37. The fraction of sp³-hybridized carbons (Fsp3) is 0.400. The van der Waals surface area contributed by atoms with Crippen LogP contribution in [0.3, 0.4) is 0 Å². The van der Waals surface area contributed by atoms with E-state index in [1.165, 1.54) is 11.1 Å². The molecule has 94 valence electrons. The summed E-state index contributed by atoms with van der Waals surface area (Å²) in [6.07, 6.45) is 5.05. The molecule has 0 saturated heterocycles. The van der Waals surface area contributed by atoms with Gasteiger partial charge in [-0.1, -0.05) is 31.2 Å². The number of nitrogens with one attached hydrogen (secondary N) is 1. The predicted molar refractivity (Wildman–Crippen MR) is 72.5 cm³/mol. The molecule has 1 aliphatic carbocycles. The topological polar surface area (TPSA) is 29.9 Å². The fourth-order valence-corrected chi connectivity index (χ4v) is 3.16. The van der Waals surface area contributed by atoms with E-state index in [1.54, 1.807) is 0 Å². The molecule has 0 amide bonds. The molecule has 1 N–H and O–H groups in total. The van der Waals surface area contributed by atoms with Gasteiger partial charge in [-0.05, 0) is 36.6 Å². The lowest BCUT2D eigenvalue weighted by molar-refractivity contribution is 0.289. The third-order valence-corrected chi connectivity index (χ3v) is 4.02. The number of benzene rings is 1. The number of fused-ring (bicyclic) bond motifs is 1. The van der Waals surface area contributed by atoms with Crippen molar-refractivity contribution >= 4 is 0 Å². The van der Waals surface area contributed by atoms with Crippen LogP contribution in [0, 0.1) is 0 Å². The molecule has 3 nitrogen and oxygen atoms in total. The first-order valence-electron chi connectivity index (χ1n) is 6.56. The summed E-state index contributed by atoms with van der Waals surface area (Å²) in [4.78, 5) is 0. The second-order valence-corrected chi connectivity index (χ2v) is 5.09. The maximum absolute atomic E-state index is 4.42. The molecule has 3 rings (SSSR count). The Morgan fingerprint density at radius 3 is 2.67 bits per heavy atom. The van der Waals surface area contributed by atoms with Gasteiger partial charge >= 0.3 is 0 Å². The van der Waals surface area contributed by atoms with E-state index in [-0.39, 0.29) is 0 Å². The summed E-state index contributed by atoms with van der Waals surface area (Å²) in [5.41, 5.74) is 2.89. The Hall–Kier alpha value is -1.61. The maximum Gasteiger partial charge on any atom is 0.0719 e. The van der Waals surface area contributed by atoms with Gasteiger partial charge in [0, 0.05) is 12.4 Å². The summed E-state index contributed by atoms with van der Waals surface area (Å²) in [5.74, 6) is 0.583. The summed E-state index contributed by atoms with van der Waals surface area (Å²) in [5, 5.41) is 7.88. The van der Waals surface area contributed by atoms with Gasteiger partial charge in [0.15, 0.2) is 0 Å². The molecule has 0 radical (unpaired) electrons. The lowest BCUT2D eigenvalue weighted by Crippen LogP contribution is -2.33. The molecule has 18 heavy (non-hydrogen) atoms. The van der Waals surface area contributed by atoms with E-state index in [1.807, 2.05) is 19.3 Å². The summed E-state index contributed by atoms with van der Waals surface area (Å²) < 4.78 is 2.09. The first-order chi connectivity index (χ1) is 8.81. The molecule has 2 aromatic rings. The highest BCUT2D eigenvalue weighted by Crippen LogP contribution is 2.42. The average Bonchev–Trinajstić information content (AvgIpc) is 2.92. The molecule has 1 aromatic heterocycles. The smallest absolute Gasteiger partial charge is 0.0719 e. The van der Waals surface area contributed by atoms with Crippen molar-refractivity contribution in [2.75, 3.05) is 7.05 Å². The number of aromatic nitrogens is 2. The third-order valence-electron chi connectivity index (χ3n) is 4.02. The van der Waals surface area contributed by atoms with Crippen LogP contribution in [0.1, 0.15) is 42.5 Å². The number of rotatable bonds is 2. The summed E-state index contributed by atoms with van der Waals surface area (Å²) in [6, 6.07) is 11.5. The van der Waals surface area contributed by atoms with Gasteiger partial charge in [-0.25, -0.2) is 0 Å². The molecule has 3 atom stereocenters. The quantitative estimate of drug-likeness (QED) is 0.876. The summed E-state index contributed by atoms with van der Waals surface area (Å²) in [6.45, 7) is 2.31. The Labute approximate surface area is 108 Å². The molecular formula is C15H19N3. The van der Waals surface area contributed by atoms with E-state index >= 15 is 0 Å². The number of hydrogen-bond acceptors (Lipinski definition) is 2. The van der Waals surface area contributed by atoms with E-state index in [9.17, 15) is 0 Å². The standard InChI is InChI=1S/C15H19N3/c1-11-10-14(18-9-5-8-17-18)15(16-2)13-7-4-3-6-12(11)13/h3-9,11,14-16H,10H2,1-2H3. The van der Waals surface area contributed by atoms with Crippen molar-refractivity contribution in [3.63, 3.8) is 0 Å². The van der Waals surface area contributed by atoms with Crippen LogP contribution in [-0.4, -0.2) is 16.8 Å². The van der Waals surface area contributed by atoms with Crippen molar-refractivity contribution in [3.8, 4) is 0 Å². The number of likely N-dealkylation sites (N-methyl/N-ethyl adjacent to an activating group) is 1. The van der Waals surface area contributed by atoms with E-state index in [2.05, 4.69) is 52.5 Å². The Bertz CT molecular complexity index is 518. The number of hydrogen-bond donors (Lipinski definition) is 1. The second-order valence-electron chi connectivity index (χ2n) is 5.09. The minimum absolute atomic E-state index is 0.345. The van der Waals surface area contributed by atoms with Crippen molar-refractivity contribution in [2.24, 2.45) is 0 Å². The zero-order chi connectivity index (χ0) is 12.5. The first-order valence-corrected chi connectivity index (χ1v) is 6.56. The van der Waals surface area contributed by atoms with Gasteiger partial charge in [0.1, 0.15) is 0 Å². The van der Waals surface area contributed by atoms with Crippen molar-refractivity contribution < 1.29 is 0 Å². The Morgan fingerprint density at radius 2 is 2.00 bits per heavy atom. The van der Waals surface area contributed by atoms with Crippen molar-refractivity contribution in [3.05, 3.63) is 53.9 Å². The van der Waals surface area contributed by atoms with E-state index < -0.39 is 0 Å². The minimum Gasteiger partial charge on any atom is -0.311 e. The highest BCUT2D eigenvalue weighted by molar-refractivity contribution is 5.36. The van der Waals surface area contributed by atoms with Crippen LogP contribution >= 0.6 is 0 Å². The molecule has 3 heteroatoms. The van der Waals surface area contributed by atoms with Crippen LogP contribution in [0.5, 0.6) is 0 Å². The van der Waals surface area contributed by atoms with Crippen LogP contribution in [0.4, 0.5) is 0 Å².